The van der Waals surface area contributed by atoms with Gasteiger partial charge in [-0.25, -0.2) is 4.98 Å². The summed E-state index contributed by atoms with van der Waals surface area (Å²) in [6, 6.07) is 0. The van der Waals surface area contributed by atoms with E-state index < -0.39 is 0 Å². The molecule has 1 aliphatic heterocycles. The van der Waals surface area contributed by atoms with Crippen LogP contribution in [0.4, 0.5) is 5.13 Å². The lowest BCUT2D eigenvalue weighted by Crippen LogP contribution is -2.27. The Morgan fingerprint density at radius 3 is 3.06 bits per heavy atom. The lowest BCUT2D eigenvalue weighted by Gasteiger charge is -2.19. The Kier molecular flexibility index (Phi) is 4.80. The van der Waals surface area contributed by atoms with Gasteiger partial charge in [0, 0.05) is 18.3 Å². The summed E-state index contributed by atoms with van der Waals surface area (Å²) in [4.78, 5) is 6.91. The Hall–Kier alpha value is -0.610. The zero-order chi connectivity index (χ0) is 12.1. The van der Waals surface area contributed by atoms with E-state index in [1.807, 2.05) is 0 Å². The van der Waals surface area contributed by atoms with Crippen LogP contribution in [0.3, 0.4) is 0 Å². The molecule has 96 valence electrons. The van der Waals surface area contributed by atoms with Gasteiger partial charge in [0.1, 0.15) is 0 Å². The molecular weight excluding hydrogens is 230 g/mol. The summed E-state index contributed by atoms with van der Waals surface area (Å²) in [6.07, 6.45) is 6.53. The summed E-state index contributed by atoms with van der Waals surface area (Å²) in [5, 5.41) is 2.78. The molecule has 2 N–H and O–H groups in total. The van der Waals surface area contributed by atoms with Crippen LogP contribution in [-0.4, -0.2) is 29.5 Å². The maximum atomic E-state index is 5.64. The van der Waals surface area contributed by atoms with Gasteiger partial charge in [0.15, 0.2) is 5.13 Å². The highest BCUT2D eigenvalue weighted by Gasteiger charge is 2.15. The van der Waals surface area contributed by atoms with E-state index >= 15 is 0 Å². The van der Waals surface area contributed by atoms with Crippen LogP contribution in [0.2, 0.25) is 0 Å². The van der Waals surface area contributed by atoms with Crippen LogP contribution >= 0.6 is 11.3 Å². The third-order valence-corrected chi connectivity index (χ3v) is 4.49. The summed E-state index contributed by atoms with van der Waals surface area (Å²) in [5.74, 6) is 0.954. The molecule has 0 radical (unpaired) electrons. The van der Waals surface area contributed by atoms with Gasteiger partial charge in [-0.05, 0) is 38.3 Å². The smallest absolute Gasteiger partial charge is 0.180 e. The molecule has 17 heavy (non-hydrogen) atoms. The fourth-order valence-electron chi connectivity index (χ4n) is 2.57. The molecule has 3 nitrogen and oxygen atoms in total. The number of rotatable bonds is 4. The molecule has 4 heteroatoms. The highest BCUT2D eigenvalue weighted by atomic mass is 32.1. The topological polar surface area (TPSA) is 42.1 Å². The van der Waals surface area contributed by atoms with Gasteiger partial charge in [-0.3, -0.25) is 0 Å². The Balaban J connectivity index is 1.75. The van der Waals surface area contributed by atoms with Gasteiger partial charge in [-0.1, -0.05) is 13.3 Å². The summed E-state index contributed by atoms with van der Waals surface area (Å²) < 4.78 is 0. The summed E-state index contributed by atoms with van der Waals surface area (Å²) in [5.41, 5.74) is 6.80. The number of nitrogens with zero attached hydrogens (tertiary/aromatic N) is 2. The first-order valence-corrected chi connectivity index (χ1v) is 7.58. The third-order valence-electron chi connectivity index (χ3n) is 3.77. The molecule has 1 atom stereocenters. The Labute approximate surface area is 108 Å². The molecule has 0 bridgehead atoms. The SMILES string of the molecule is CCC1CCCN(CCc2csc(N)n2)CC1. The van der Waals surface area contributed by atoms with Crippen molar-refractivity contribution in [1.29, 1.82) is 0 Å². The Morgan fingerprint density at radius 1 is 1.47 bits per heavy atom. The molecule has 1 aromatic heterocycles. The zero-order valence-corrected chi connectivity index (χ0v) is 11.5. The van der Waals surface area contributed by atoms with Crippen molar-refractivity contribution in [3.8, 4) is 0 Å². The molecule has 1 saturated heterocycles. The average Bonchev–Trinajstić information content (AvgIpc) is 2.63. The average molecular weight is 253 g/mol. The van der Waals surface area contributed by atoms with Crippen molar-refractivity contribution in [2.24, 2.45) is 5.92 Å². The molecule has 0 spiro atoms. The van der Waals surface area contributed by atoms with E-state index in [-0.39, 0.29) is 0 Å². The van der Waals surface area contributed by atoms with Gasteiger partial charge in [0.2, 0.25) is 0 Å². The molecule has 2 rings (SSSR count). The molecule has 0 aromatic carbocycles. The number of nitrogens with two attached hydrogens (primary N) is 1. The number of anilines is 1. The summed E-state index contributed by atoms with van der Waals surface area (Å²) in [6.45, 7) is 5.98. The van der Waals surface area contributed by atoms with Crippen LogP contribution < -0.4 is 5.73 Å². The zero-order valence-electron chi connectivity index (χ0n) is 10.7. The highest BCUT2D eigenvalue weighted by Crippen LogP contribution is 2.20. The molecule has 1 aromatic rings. The number of aromatic nitrogens is 1. The predicted molar refractivity (Wildman–Crippen MR) is 74.3 cm³/mol. The number of nitrogen functional groups attached to an aromatic ring is 1. The second-order valence-electron chi connectivity index (χ2n) is 4.97. The van der Waals surface area contributed by atoms with Gasteiger partial charge in [0.25, 0.3) is 0 Å². The minimum atomic E-state index is 0.696. The van der Waals surface area contributed by atoms with Gasteiger partial charge < -0.3 is 10.6 Å². The first-order valence-electron chi connectivity index (χ1n) is 6.70. The second-order valence-corrected chi connectivity index (χ2v) is 5.86. The maximum Gasteiger partial charge on any atom is 0.180 e. The summed E-state index contributed by atoms with van der Waals surface area (Å²) in [7, 11) is 0. The molecule has 1 aliphatic rings. The molecular formula is C13H23N3S. The highest BCUT2D eigenvalue weighted by molar-refractivity contribution is 7.13. The fourth-order valence-corrected chi connectivity index (χ4v) is 3.16. The monoisotopic (exact) mass is 253 g/mol. The van der Waals surface area contributed by atoms with Crippen LogP contribution in [0.5, 0.6) is 0 Å². The van der Waals surface area contributed by atoms with Gasteiger partial charge in [-0.2, -0.15) is 0 Å². The van der Waals surface area contributed by atoms with Crippen LogP contribution in [0.1, 0.15) is 38.3 Å². The number of hydrogen-bond acceptors (Lipinski definition) is 4. The van der Waals surface area contributed by atoms with E-state index in [1.165, 1.54) is 38.8 Å². The standard InChI is InChI=1S/C13H23N3S/c1-2-11-4-3-7-16(8-5-11)9-6-12-10-17-13(14)15-12/h10-11H,2-9H2,1H3,(H2,14,15). The summed E-state index contributed by atoms with van der Waals surface area (Å²) >= 11 is 1.55. The minimum absolute atomic E-state index is 0.696. The second kappa shape index (κ2) is 6.36. The molecule has 1 unspecified atom stereocenters. The van der Waals surface area contributed by atoms with Gasteiger partial charge in [-0.15, -0.1) is 11.3 Å². The van der Waals surface area contributed by atoms with Crippen molar-refractivity contribution in [1.82, 2.24) is 9.88 Å². The van der Waals surface area contributed by atoms with Crippen molar-refractivity contribution in [3.63, 3.8) is 0 Å². The largest absolute Gasteiger partial charge is 0.375 e. The van der Waals surface area contributed by atoms with Crippen molar-refractivity contribution in [3.05, 3.63) is 11.1 Å². The van der Waals surface area contributed by atoms with Crippen molar-refractivity contribution < 1.29 is 0 Å². The van der Waals surface area contributed by atoms with E-state index in [0.717, 1.165) is 24.6 Å². The third kappa shape index (κ3) is 3.96. The normalized spacial score (nSPS) is 22.5. The maximum absolute atomic E-state index is 5.64. The molecule has 0 aliphatic carbocycles. The van der Waals surface area contributed by atoms with E-state index in [2.05, 4.69) is 22.2 Å². The first kappa shape index (κ1) is 12.8. The lowest BCUT2D eigenvalue weighted by atomic mass is 9.98. The molecule has 0 saturated carbocycles. The van der Waals surface area contributed by atoms with E-state index in [0.29, 0.717) is 5.13 Å². The van der Waals surface area contributed by atoms with E-state index in [4.69, 9.17) is 5.73 Å². The predicted octanol–water partition coefficient (Wildman–Crippen LogP) is 2.78. The Morgan fingerprint density at radius 2 is 2.35 bits per heavy atom. The molecule has 0 amide bonds. The van der Waals surface area contributed by atoms with Crippen LogP contribution in [-0.2, 0) is 6.42 Å². The van der Waals surface area contributed by atoms with E-state index in [1.54, 1.807) is 11.3 Å². The lowest BCUT2D eigenvalue weighted by molar-refractivity contribution is 0.283. The number of hydrogen-bond donors (Lipinski definition) is 1. The van der Waals surface area contributed by atoms with Gasteiger partial charge >= 0.3 is 0 Å². The van der Waals surface area contributed by atoms with Crippen molar-refractivity contribution >= 4 is 16.5 Å². The quantitative estimate of drug-likeness (QED) is 0.897. The number of likely N-dealkylation sites (tertiary alicyclic amines) is 1. The van der Waals surface area contributed by atoms with Crippen LogP contribution in [0.25, 0.3) is 0 Å². The molecule has 1 fully saturated rings. The first-order chi connectivity index (χ1) is 8.28. The minimum Gasteiger partial charge on any atom is -0.375 e. The van der Waals surface area contributed by atoms with Crippen LogP contribution in [0.15, 0.2) is 5.38 Å². The van der Waals surface area contributed by atoms with Crippen LogP contribution in [0, 0.1) is 5.92 Å². The van der Waals surface area contributed by atoms with Gasteiger partial charge in [0.05, 0.1) is 5.69 Å². The van der Waals surface area contributed by atoms with Crippen molar-refractivity contribution in [2.75, 3.05) is 25.4 Å². The Bertz CT molecular complexity index is 337. The number of thiazole rings is 1. The molecule has 2 heterocycles. The van der Waals surface area contributed by atoms with Crippen molar-refractivity contribution in [2.45, 2.75) is 39.0 Å². The fraction of sp³-hybridized carbons (Fsp3) is 0.769. The van der Waals surface area contributed by atoms with E-state index in [9.17, 15) is 0 Å².